The number of aromatic nitrogens is 2. The van der Waals surface area contributed by atoms with Crippen LogP contribution in [0.1, 0.15) is 45.4 Å². The van der Waals surface area contributed by atoms with Gasteiger partial charge in [-0.15, -0.1) is 0 Å². The fraction of sp³-hybridized carbons (Fsp3) is 0.565. The fourth-order valence-electron chi connectivity index (χ4n) is 6.64. The topological polar surface area (TPSA) is 88.0 Å². The molecule has 0 radical (unpaired) electrons. The average Bonchev–Trinajstić information content (AvgIpc) is 2.73. The van der Waals surface area contributed by atoms with Gasteiger partial charge in [0.1, 0.15) is 6.54 Å². The molecule has 1 unspecified atom stereocenters. The van der Waals surface area contributed by atoms with Gasteiger partial charge in [-0.05, 0) is 86.9 Å². The van der Waals surface area contributed by atoms with Gasteiger partial charge in [-0.3, -0.25) is 20.4 Å². The van der Waals surface area contributed by atoms with Crippen molar-refractivity contribution in [3.05, 3.63) is 40.8 Å². The van der Waals surface area contributed by atoms with Crippen LogP contribution in [0.5, 0.6) is 0 Å². The summed E-state index contributed by atoms with van der Waals surface area (Å²) in [5.41, 5.74) is 5.43. The largest absolute Gasteiger partial charge is 0.358 e. The van der Waals surface area contributed by atoms with Gasteiger partial charge in [-0.25, -0.2) is 4.68 Å². The molecule has 1 heterocycles. The van der Waals surface area contributed by atoms with E-state index < -0.39 is 0 Å². The van der Waals surface area contributed by atoms with E-state index in [-0.39, 0.29) is 24.1 Å². The zero-order valence-corrected chi connectivity index (χ0v) is 18.6. The highest BCUT2D eigenvalue weighted by Crippen LogP contribution is 2.61. The second-order valence-corrected chi connectivity index (χ2v) is 10.3. The first-order valence-corrected chi connectivity index (χ1v) is 11.6. The van der Waals surface area contributed by atoms with Gasteiger partial charge >= 0.3 is 0 Å². The van der Waals surface area contributed by atoms with Crippen LogP contribution in [0.4, 0.5) is 0 Å². The molecule has 0 aliphatic heterocycles. The number of carbonyl (C=O) groups excluding carboxylic acids is 1. The Hall–Kier alpha value is -2.48. The van der Waals surface area contributed by atoms with Gasteiger partial charge in [0.15, 0.2) is 5.11 Å². The number of nitrogens with one attached hydrogen (secondary N) is 3. The number of carbonyl (C=O) groups is 1. The molecule has 4 fully saturated rings. The van der Waals surface area contributed by atoms with E-state index in [0.717, 1.165) is 27.8 Å². The number of thiocarbonyl (C=S) groups is 1. The van der Waals surface area contributed by atoms with Crippen LogP contribution >= 0.6 is 12.2 Å². The van der Waals surface area contributed by atoms with E-state index in [1.54, 1.807) is 18.3 Å². The van der Waals surface area contributed by atoms with E-state index in [2.05, 4.69) is 28.2 Å². The number of fused-ring (bicyclic) bond motifs is 1. The van der Waals surface area contributed by atoms with Crippen molar-refractivity contribution in [1.29, 1.82) is 0 Å². The summed E-state index contributed by atoms with van der Waals surface area (Å²) < 4.78 is 1.16. The molecule has 4 bridgehead atoms. The molecule has 31 heavy (non-hydrogen) atoms. The van der Waals surface area contributed by atoms with E-state index in [4.69, 9.17) is 12.2 Å². The van der Waals surface area contributed by atoms with Crippen molar-refractivity contribution in [2.45, 2.75) is 58.0 Å². The van der Waals surface area contributed by atoms with Crippen molar-refractivity contribution < 1.29 is 4.79 Å². The number of rotatable bonds is 4. The predicted molar refractivity (Wildman–Crippen MR) is 123 cm³/mol. The average molecular weight is 440 g/mol. The Morgan fingerprint density at radius 1 is 1.16 bits per heavy atom. The normalized spacial score (nSPS) is 29.5. The molecule has 1 aromatic heterocycles. The minimum Gasteiger partial charge on any atom is -0.358 e. The zero-order chi connectivity index (χ0) is 21.6. The molecular weight excluding hydrogens is 410 g/mol. The van der Waals surface area contributed by atoms with Crippen molar-refractivity contribution in [1.82, 2.24) is 25.9 Å². The third-order valence-corrected chi connectivity index (χ3v) is 7.94. The summed E-state index contributed by atoms with van der Waals surface area (Å²) in [4.78, 5) is 24.9. The first kappa shape index (κ1) is 20.4. The second-order valence-electron chi connectivity index (χ2n) is 9.84. The van der Waals surface area contributed by atoms with Gasteiger partial charge in [0, 0.05) is 11.4 Å². The van der Waals surface area contributed by atoms with Gasteiger partial charge in [0.25, 0.3) is 11.5 Å². The quantitative estimate of drug-likeness (QED) is 0.501. The second kappa shape index (κ2) is 7.89. The molecule has 0 saturated heterocycles. The van der Waals surface area contributed by atoms with E-state index in [1.165, 1.54) is 38.5 Å². The molecule has 1 amide bonds. The maximum atomic E-state index is 12.5. The summed E-state index contributed by atoms with van der Waals surface area (Å²) in [5, 5.41) is 9.22. The van der Waals surface area contributed by atoms with Crippen LogP contribution in [0.3, 0.4) is 0 Å². The third kappa shape index (κ3) is 3.93. The molecule has 164 valence electrons. The molecule has 1 atom stereocenters. The van der Waals surface area contributed by atoms with E-state index in [0.29, 0.717) is 15.9 Å². The summed E-state index contributed by atoms with van der Waals surface area (Å²) in [6, 6.07) is 7.47. The molecule has 3 N–H and O–H groups in total. The number of hydrazine groups is 1. The Morgan fingerprint density at radius 3 is 2.48 bits per heavy atom. The molecule has 1 aromatic carbocycles. The smallest absolute Gasteiger partial charge is 0.275 e. The minimum absolute atomic E-state index is 0.177. The van der Waals surface area contributed by atoms with Crippen LogP contribution in [0.25, 0.3) is 10.8 Å². The maximum absolute atomic E-state index is 12.5. The van der Waals surface area contributed by atoms with Crippen LogP contribution in [0.15, 0.2) is 35.3 Å². The Kier molecular flexibility index (Phi) is 5.20. The van der Waals surface area contributed by atoms with E-state index in [9.17, 15) is 9.59 Å². The van der Waals surface area contributed by atoms with Crippen LogP contribution in [0, 0.1) is 23.2 Å². The minimum atomic E-state index is -0.378. The van der Waals surface area contributed by atoms with Crippen molar-refractivity contribution >= 4 is 34.0 Å². The van der Waals surface area contributed by atoms with Gasteiger partial charge in [0.2, 0.25) is 0 Å². The fourth-order valence-corrected chi connectivity index (χ4v) is 6.86. The molecule has 4 aliphatic rings. The van der Waals surface area contributed by atoms with Crippen LogP contribution < -0.4 is 21.7 Å². The van der Waals surface area contributed by atoms with Crippen molar-refractivity contribution in [3.8, 4) is 0 Å². The van der Waals surface area contributed by atoms with E-state index >= 15 is 0 Å². The van der Waals surface area contributed by atoms with Crippen molar-refractivity contribution in [3.63, 3.8) is 0 Å². The number of nitrogens with zero attached hydrogens (tertiary/aromatic N) is 2. The molecular formula is C23H29N5O2S. The van der Waals surface area contributed by atoms with Crippen molar-refractivity contribution in [2.75, 3.05) is 0 Å². The Bertz CT molecular complexity index is 1050. The lowest BCUT2D eigenvalue weighted by molar-refractivity contribution is -0.122. The van der Waals surface area contributed by atoms with E-state index in [1.807, 2.05) is 12.1 Å². The highest BCUT2D eigenvalue weighted by molar-refractivity contribution is 7.80. The molecule has 7 nitrogen and oxygen atoms in total. The Morgan fingerprint density at radius 2 is 1.81 bits per heavy atom. The van der Waals surface area contributed by atoms with Crippen molar-refractivity contribution in [2.24, 2.45) is 23.2 Å². The predicted octanol–water partition coefficient (Wildman–Crippen LogP) is 2.50. The molecule has 4 aliphatic carbocycles. The summed E-state index contributed by atoms with van der Waals surface area (Å²) in [6.07, 6.45) is 9.69. The zero-order valence-electron chi connectivity index (χ0n) is 17.8. The van der Waals surface area contributed by atoms with Crippen LogP contribution in [-0.4, -0.2) is 26.8 Å². The lowest BCUT2D eigenvalue weighted by Crippen LogP contribution is -2.58. The summed E-state index contributed by atoms with van der Waals surface area (Å²) in [5.74, 6) is 2.26. The molecule has 4 saturated carbocycles. The van der Waals surface area contributed by atoms with Gasteiger partial charge in [-0.2, -0.15) is 5.10 Å². The van der Waals surface area contributed by atoms with Crippen LogP contribution in [0.2, 0.25) is 0 Å². The monoisotopic (exact) mass is 439 g/mol. The molecule has 0 spiro atoms. The van der Waals surface area contributed by atoms with Crippen LogP contribution in [-0.2, 0) is 11.3 Å². The SMILES string of the molecule is CC(NC(=S)NNC(=O)Cn1ncc2ccccc2c1=O)C12CC3CC(CC(C3)C1)C2. The maximum Gasteiger partial charge on any atom is 0.275 e. The lowest BCUT2D eigenvalue weighted by Gasteiger charge is -2.59. The Labute approximate surface area is 186 Å². The van der Waals surface area contributed by atoms with Gasteiger partial charge in [-0.1, -0.05) is 18.2 Å². The lowest BCUT2D eigenvalue weighted by atomic mass is 9.48. The number of amides is 1. The highest BCUT2D eigenvalue weighted by atomic mass is 32.1. The van der Waals surface area contributed by atoms with Gasteiger partial charge < -0.3 is 5.32 Å². The Balaban J connectivity index is 1.15. The highest BCUT2D eigenvalue weighted by Gasteiger charge is 2.53. The first-order chi connectivity index (χ1) is 14.9. The molecule has 6 rings (SSSR count). The number of benzene rings is 1. The first-order valence-electron chi connectivity index (χ1n) is 11.2. The molecule has 8 heteroatoms. The standard InChI is InChI=1S/C23H29N5O2S/c1-14(23-9-15-6-16(10-23)8-17(7-15)11-23)25-22(31)27-26-20(29)13-28-21(30)19-5-3-2-4-18(19)12-24-28/h2-5,12,14-17H,6-11,13H2,1H3,(H,26,29)(H2,25,27,31). The van der Waals surface area contributed by atoms with Gasteiger partial charge in [0.05, 0.1) is 11.6 Å². The summed E-state index contributed by atoms with van der Waals surface area (Å²) in [6.45, 7) is 2.05. The number of hydrogen-bond donors (Lipinski definition) is 3. The third-order valence-electron chi connectivity index (χ3n) is 7.72. The summed E-state index contributed by atoms with van der Waals surface area (Å²) >= 11 is 5.44. The summed E-state index contributed by atoms with van der Waals surface area (Å²) in [7, 11) is 0. The number of hydrogen-bond acceptors (Lipinski definition) is 4. The molecule has 2 aromatic rings.